The molecule has 2 aromatic heterocycles. The van der Waals surface area contributed by atoms with Crippen LogP contribution in [0.25, 0.3) is 22.1 Å². The van der Waals surface area contributed by atoms with Crippen molar-refractivity contribution >= 4 is 28.0 Å². The molecule has 0 aliphatic carbocycles. The van der Waals surface area contributed by atoms with Crippen molar-refractivity contribution in [2.75, 3.05) is 0 Å². The van der Waals surface area contributed by atoms with Gasteiger partial charge in [0.25, 0.3) is 5.91 Å². The largest absolute Gasteiger partial charge is 0.456 e. The highest BCUT2D eigenvalue weighted by Gasteiger charge is 2.18. The molecule has 0 saturated heterocycles. The predicted molar refractivity (Wildman–Crippen MR) is 82.1 cm³/mol. The quantitative estimate of drug-likeness (QED) is 0.748. The third-order valence-corrected chi connectivity index (χ3v) is 3.39. The maximum Gasteiger partial charge on any atom is 0.252 e. The molecular weight excluding hydrogens is 264 g/mol. The number of rotatable bonds is 3. The highest BCUT2D eigenvalue weighted by Crippen LogP contribution is 2.29. The van der Waals surface area contributed by atoms with Crippen LogP contribution < -0.4 is 5.73 Å². The van der Waals surface area contributed by atoms with Crippen LogP contribution in [0, 0.1) is 0 Å². The van der Waals surface area contributed by atoms with Gasteiger partial charge in [0, 0.05) is 17.8 Å². The molecule has 0 unspecified atom stereocenters. The smallest absolute Gasteiger partial charge is 0.252 e. The molecule has 104 valence electrons. The Hall–Kier alpha value is -2.88. The number of nitrogens with two attached hydrogens (primary N) is 1. The van der Waals surface area contributed by atoms with E-state index in [0.29, 0.717) is 11.3 Å². The standard InChI is InChI=1S/C17H14N2O2/c1-11(13-6-4-8-19-10-13)16(17(18)20)15-9-12-5-2-3-7-14(12)21-15/h2-10H,1H3,(H2,18,20)/b16-11+. The van der Waals surface area contributed by atoms with Gasteiger partial charge < -0.3 is 10.2 Å². The van der Waals surface area contributed by atoms with Crippen molar-refractivity contribution in [1.82, 2.24) is 4.98 Å². The van der Waals surface area contributed by atoms with Crippen molar-refractivity contribution in [2.45, 2.75) is 6.92 Å². The lowest BCUT2D eigenvalue weighted by molar-refractivity contribution is -0.112. The summed E-state index contributed by atoms with van der Waals surface area (Å²) in [6, 6.07) is 13.1. The lowest BCUT2D eigenvalue weighted by Gasteiger charge is -2.06. The van der Waals surface area contributed by atoms with Crippen molar-refractivity contribution in [1.29, 1.82) is 0 Å². The number of nitrogens with zero attached hydrogens (tertiary/aromatic N) is 1. The number of pyridine rings is 1. The van der Waals surface area contributed by atoms with Gasteiger partial charge in [0.2, 0.25) is 0 Å². The van der Waals surface area contributed by atoms with E-state index >= 15 is 0 Å². The summed E-state index contributed by atoms with van der Waals surface area (Å²) in [4.78, 5) is 15.9. The summed E-state index contributed by atoms with van der Waals surface area (Å²) in [5, 5.41) is 0.935. The molecule has 0 radical (unpaired) electrons. The number of hydrogen-bond acceptors (Lipinski definition) is 3. The number of aromatic nitrogens is 1. The highest BCUT2D eigenvalue weighted by molar-refractivity contribution is 6.25. The van der Waals surface area contributed by atoms with Crippen LogP contribution in [0.2, 0.25) is 0 Å². The summed E-state index contributed by atoms with van der Waals surface area (Å²) in [6.07, 6.45) is 3.38. The summed E-state index contributed by atoms with van der Waals surface area (Å²) in [6.45, 7) is 1.84. The highest BCUT2D eigenvalue weighted by atomic mass is 16.3. The fraction of sp³-hybridized carbons (Fsp3) is 0.0588. The Morgan fingerprint density at radius 3 is 2.67 bits per heavy atom. The molecule has 0 bridgehead atoms. The van der Waals surface area contributed by atoms with E-state index in [-0.39, 0.29) is 0 Å². The molecule has 0 fully saturated rings. The van der Waals surface area contributed by atoms with Crippen LogP contribution >= 0.6 is 0 Å². The first-order chi connectivity index (χ1) is 10.2. The molecule has 4 heteroatoms. The molecule has 3 aromatic rings. The van der Waals surface area contributed by atoms with Gasteiger partial charge in [-0.1, -0.05) is 24.3 Å². The zero-order valence-electron chi connectivity index (χ0n) is 11.5. The molecule has 0 aliphatic rings. The van der Waals surface area contributed by atoms with E-state index in [1.54, 1.807) is 12.4 Å². The van der Waals surface area contributed by atoms with E-state index in [0.717, 1.165) is 22.1 Å². The van der Waals surface area contributed by atoms with E-state index in [2.05, 4.69) is 4.98 Å². The van der Waals surface area contributed by atoms with Crippen LogP contribution in [0.3, 0.4) is 0 Å². The van der Waals surface area contributed by atoms with E-state index in [9.17, 15) is 4.79 Å². The third kappa shape index (κ3) is 2.43. The molecule has 3 rings (SSSR count). The summed E-state index contributed by atoms with van der Waals surface area (Å²) in [7, 11) is 0. The average molecular weight is 278 g/mol. The third-order valence-electron chi connectivity index (χ3n) is 3.39. The zero-order chi connectivity index (χ0) is 14.8. The minimum Gasteiger partial charge on any atom is -0.456 e. The monoisotopic (exact) mass is 278 g/mol. The van der Waals surface area contributed by atoms with E-state index in [1.165, 1.54) is 0 Å². The van der Waals surface area contributed by atoms with Gasteiger partial charge >= 0.3 is 0 Å². The Morgan fingerprint density at radius 2 is 2.00 bits per heavy atom. The van der Waals surface area contributed by atoms with Crippen molar-refractivity contribution in [3.05, 3.63) is 66.2 Å². The van der Waals surface area contributed by atoms with Crippen LogP contribution in [-0.4, -0.2) is 10.9 Å². The number of fused-ring (bicyclic) bond motifs is 1. The first-order valence-electron chi connectivity index (χ1n) is 6.57. The number of carbonyl (C=O) groups excluding carboxylic acids is 1. The molecule has 0 spiro atoms. The summed E-state index contributed by atoms with van der Waals surface area (Å²) in [5.74, 6) is -0.0412. The Kier molecular flexibility index (Phi) is 3.28. The molecule has 1 amide bonds. The van der Waals surface area contributed by atoms with Crippen LogP contribution in [0.4, 0.5) is 0 Å². The molecule has 2 heterocycles. The molecule has 21 heavy (non-hydrogen) atoms. The number of allylic oxidation sites excluding steroid dienone is 1. The number of benzene rings is 1. The van der Waals surface area contributed by atoms with Gasteiger partial charge in [-0.15, -0.1) is 0 Å². The number of hydrogen-bond donors (Lipinski definition) is 1. The van der Waals surface area contributed by atoms with Crippen LogP contribution in [0.1, 0.15) is 18.2 Å². The summed E-state index contributed by atoms with van der Waals surface area (Å²) < 4.78 is 5.75. The molecule has 0 aliphatic heterocycles. The minimum absolute atomic E-state index is 0.374. The van der Waals surface area contributed by atoms with Gasteiger partial charge in [-0.05, 0) is 36.3 Å². The van der Waals surface area contributed by atoms with E-state index in [1.807, 2.05) is 49.4 Å². The predicted octanol–water partition coefficient (Wildman–Crippen LogP) is 3.24. The number of amides is 1. The van der Waals surface area contributed by atoms with Gasteiger partial charge in [-0.25, -0.2) is 0 Å². The number of primary amides is 1. The molecule has 0 saturated carbocycles. The lowest BCUT2D eigenvalue weighted by Crippen LogP contribution is -2.14. The summed E-state index contributed by atoms with van der Waals surface area (Å²) >= 11 is 0. The van der Waals surface area contributed by atoms with Gasteiger partial charge in [0.15, 0.2) is 0 Å². The van der Waals surface area contributed by atoms with E-state index in [4.69, 9.17) is 10.2 Å². The maximum absolute atomic E-state index is 11.9. The second-order valence-corrected chi connectivity index (χ2v) is 4.75. The fourth-order valence-corrected chi connectivity index (χ4v) is 2.33. The van der Waals surface area contributed by atoms with Gasteiger partial charge in [-0.2, -0.15) is 0 Å². The Balaban J connectivity index is 2.20. The molecule has 0 atom stereocenters. The van der Waals surface area contributed by atoms with Crippen molar-refractivity contribution in [2.24, 2.45) is 5.73 Å². The van der Waals surface area contributed by atoms with Gasteiger partial charge in [-0.3, -0.25) is 9.78 Å². The van der Waals surface area contributed by atoms with Gasteiger partial charge in [0.05, 0.1) is 5.57 Å². The minimum atomic E-state index is -0.518. The van der Waals surface area contributed by atoms with Crippen molar-refractivity contribution < 1.29 is 9.21 Å². The first-order valence-corrected chi connectivity index (χ1v) is 6.57. The number of carbonyl (C=O) groups is 1. The second-order valence-electron chi connectivity index (χ2n) is 4.75. The normalized spacial score (nSPS) is 12.2. The van der Waals surface area contributed by atoms with Crippen molar-refractivity contribution in [3.63, 3.8) is 0 Å². The summed E-state index contributed by atoms with van der Waals surface area (Å²) in [5.41, 5.74) is 8.24. The van der Waals surface area contributed by atoms with Gasteiger partial charge in [0.1, 0.15) is 11.3 Å². The first kappa shape index (κ1) is 13.1. The maximum atomic E-state index is 11.9. The van der Waals surface area contributed by atoms with Crippen LogP contribution in [0.15, 0.2) is 59.3 Å². The van der Waals surface area contributed by atoms with Crippen molar-refractivity contribution in [3.8, 4) is 0 Å². The Morgan fingerprint density at radius 1 is 1.19 bits per heavy atom. The van der Waals surface area contributed by atoms with E-state index < -0.39 is 5.91 Å². The molecule has 4 nitrogen and oxygen atoms in total. The lowest BCUT2D eigenvalue weighted by atomic mass is 10.0. The molecular formula is C17H14N2O2. The second kappa shape index (κ2) is 5.25. The average Bonchev–Trinajstić information content (AvgIpc) is 2.91. The fourth-order valence-electron chi connectivity index (χ4n) is 2.33. The number of furan rings is 1. The Bertz CT molecular complexity index is 799. The zero-order valence-corrected chi connectivity index (χ0v) is 11.5. The molecule has 2 N–H and O–H groups in total. The van der Waals surface area contributed by atoms with Crippen LogP contribution in [0.5, 0.6) is 0 Å². The topological polar surface area (TPSA) is 69.1 Å². The molecule has 1 aromatic carbocycles. The van der Waals surface area contributed by atoms with Crippen LogP contribution in [-0.2, 0) is 4.79 Å². The SMILES string of the molecule is C/C(=C(\C(N)=O)c1cc2ccccc2o1)c1cccnc1. The number of para-hydroxylation sites is 1. The Labute approximate surface area is 121 Å².